The molecule has 1 aliphatic heterocycles. The zero-order valence-electron chi connectivity index (χ0n) is 11.0. The number of carboxylic acids is 1. The molecule has 106 valence electrons. The van der Waals surface area contributed by atoms with Crippen LogP contribution in [0, 0.1) is 5.82 Å². The van der Waals surface area contributed by atoms with Gasteiger partial charge in [-0.25, -0.2) is 9.18 Å². The van der Waals surface area contributed by atoms with Gasteiger partial charge in [0, 0.05) is 11.3 Å². The van der Waals surface area contributed by atoms with Gasteiger partial charge in [-0.3, -0.25) is 4.79 Å². The average Bonchev–Trinajstić information content (AvgIpc) is 2.76. The highest BCUT2D eigenvalue weighted by Gasteiger charge is 2.28. The Morgan fingerprint density at radius 3 is 2.71 bits per heavy atom. The fourth-order valence-electron chi connectivity index (χ4n) is 2.49. The molecule has 1 amide bonds. The lowest BCUT2D eigenvalue weighted by molar-refractivity contribution is -0.117. The molecular formula is C16H12FNO3. The number of fused-ring (bicyclic) bond motifs is 1. The minimum atomic E-state index is -1.03. The van der Waals surface area contributed by atoms with Gasteiger partial charge < -0.3 is 10.0 Å². The molecule has 0 saturated heterocycles. The summed E-state index contributed by atoms with van der Waals surface area (Å²) in [5, 5.41) is 8.97. The van der Waals surface area contributed by atoms with E-state index in [4.69, 9.17) is 5.11 Å². The molecule has 2 aromatic carbocycles. The molecule has 0 bridgehead atoms. The second kappa shape index (κ2) is 5.01. The summed E-state index contributed by atoms with van der Waals surface area (Å²) in [6.45, 7) is 0.144. The summed E-state index contributed by atoms with van der Waals surface area (Å²) in [5.41, 5.74) is 1.89. The van der Waals surface area contributed by atoms with Crippen molar-refractivity contribution in [2.24, 2.45) is 0 Å². The quantitative estimate of drug-likeness (QED) is 0.943. The fourth-order valence-corrected chi connectivity index (χ4v) is 2.49. The largest absolute Gasteiger partial charge is 0.478 e. The van der Waals surface area contributed by atoms with E-state index >= 15 is 0 Å². The number of carboxylic acid groups (broad SMARTS) is 1. The van der Waals surface area contributed by atoms with Crippen molar-refractivity contribution in [3.8, 4) is 0 Å². The molecule has 0 radical (unpaired) electrons. The van der Waals surface area contributed by atoms with Crippen LogP contribution in [0.4, 0.5) is 10.1 Å². The van der Waals surface area contributed by atoms with E-state index in [1.807, 2.05) is 0 Å². The van der Waals surface area contributed by atoms with Gasteiger partial charge >= 0.3 is 5.97 Å². The lowest BCUT2D eigenvalue weighted by Crippen LogP contribution is -2.26. The molecule has 0 saturated carbocycles. The van der Waals surface area contributed by atoms with Gasteiger partial charge in [0.05, 0.1) is 18.5 Å². The van der Waals surface area contributed by atoms with Crippen molar-refractivity contribution in [3.63, 3.8) is 0 Å². The van der Waals surface area contributed by atoms with E-state index in [-0.39, 0.29) is 30.3 Å². The first kappa shape index (κ1) is 13.3. The molecule has 3 rings (SSSR count). The molecule has 1 N–H and O–H groups in total. The Bertz CT molecular complexity index is 742. The maximum atomic E-state index is 13.7. The van der Waals surface area contributed by atoms with Crippen molar-refractivity contribution in [2.45, 2.75) is 13.0 Å². The van der Waals surface area contributed by atoms with Crippen LogP contribution in [0.1, 0.15) is 21.5 Å². The van der Waals surface area contributed by atoms with Gasteiger partial charge in [0.25, 0.3) is 0 Å². The zero-order valence-corrected chi connectivity index (χ0v) is 11.0. The topological polar surface area (TPSA) is 57.6 Å². The maximum Gasteiger partial charge on any atom is 0.335 e. The number of hydrogen-bond donors (Lipinski definition) is 1. The number of rotatable bonds is 3. The van der Waals surface area contributed by atoms with Crippen molar-refractivity contribution in [1.82, 2.24) is 0 Å². The summed E-state index contributed by atoms with van der Waals surface area (Å²) in [6.07, 6.45) is 0.144. The molecule has 1 aliphatic rings. The molecule has 0 unspecified atom stereocenters. The molecule has 0 fully saturated rings. The number of anilines is 1. The third kappa shape index (κ3) is 2.38. The van der Waals surface area contributed by atoms with Crippen LogP contribution in [0.25, 0.3) is 0 Å². The Balaban J connectivity index is 1.94. The van der Waals surface area contributed by atoms with Crippen LogP contribution < -0.4 is 4.90 Å². The molecule has 21 heavy (non-hydrogen) atoms. The van der Waals surface area contributed by atoms with E-state index in [9.17, 15) is 14.0 Å². The van der Waals surface area contributed by atoms with Crippen molar-refractivity contribution < 1.29 is 19.1 Å². The second-order valence-corrected chi connectivity index (χ2v) is 4.90. The van der Waals surface area contributed by atoms with Crippen molar-refractivity contribution in [1.29, 1.82) is 0 Å². The SMILES string of the molecule is O=C(O)c1ccc2c(c1)CC(=O)N2Cc1ccccc1F. The van der Waals surface area contributed by atoms with Gasteiger partial charge in [-0.05, 0) is 29.8 Å². The number of benzene rings is 2. The number of aromatic carboxylic acids is 1. The van der Waals surface area contributed by atoms with Crippen LogP contribution in [0.15, 0.2) is 42.5 Å². The monoisotopic (exact) mass is 285 g/mol. The van der Waals surface area contributed by atoms with E-state index in [0.29, 0.717) is 16.8 Å². The predicted octanol–water partition coefficient (Wildman–Crippen LogP) is 2.61. The molecule has 0 spiro atoms. The summed E-state index contributed by atoms with van der Waals surface area (Å²) < 4.78 is 13.7. The molecule has 1 heterocycles. The standard InChI is InChI=1S/C16H12FNO3/c17-13-4-2-1-3-11(13)9-18-14-6-5-10(16(20)21)7-12(14)8-15(18)19/h1-7H,8-9H2,(H,20,21). The van der Waals surface area contributed by atoms with Gasteiger partial charge in [-0.2, -0.15) is 0 Å². The van der Waals surface area contributed by atoms with Gasteiger partial charge in [0.2, 0.25) is 5.91 Å². The lowest BCUT2D eigenvalue weighted by Gasteiger charge is -2.18. The Hall–Kier alpha value is -2.69. The number of amides is 1. The van der Waals surface area contributed by atoms with Crippen LogP contribution in [-0.4, -0.2) is 17.0 Å². The van der Waals surface area contributed by atoms with E-state index < -0.39 is 5.97 Å². The fraction of sp³-hybridized carbons (Fsp3) is 0.125. The third-order valence-corrected chi connectivity index (χ3v) is 3.55. The number of halogens is 1. The van der Waals surface area contributed by atoms with Crippen molar-refractivity contribution in [3.05, 3.63) is 65.0 Å². The number of carbonyl (C=O) groups is 2. The van der Waals surface area contributed by atoms with Gasteiger partial charge in [-0.15, -0.1) is 0 Å². The first-order valence-corrected chi connectivity index (χ1v) is 6.46. The molecule has 2 aromatic rings. The highest BCUT2D eigenvalue weighted by atomic mass is 19.1. The number of hydrogen-bond acceptors (Lipinski definition) is 2. The molecule has 0 aromatic heterocycles. The van der Waals surface area contributed by atoms with E-state index in [2.05, 4.69) is 0 Å². The minimum Gasteiger partial charge on any atom is -0.478 e. The van der Waals surface area contributed by atoms with Crippen molar-refractivity contribution in [2.75, 3.05) is 4.90 Å². The summed E-state index contributed by atoms with van der Waals surface area (Å²) in [4.78, 5) is 24.5. The average molecular weight is 285 g/mol. The zero-order chi connectivity index (χ0) is 15.0. The summed E-state index contributed by atoms with van der Waals surface area (Å²) in [5.74, 6) is -1.55. The highest BCUT2D eigenvalue weighted by molar-refractivity contribution is 6.02. The van der Waals surface area contributed by atoms with E-state index in [0.717, 1.165) is 0 Å². The van der Waals surface area contributed by atoms with Crippen LogP contribution >= 0.6 is 0 Å². The number of nitrogens with zero attached hydrogens (tertiary/aromatic N) is 1. The first-order valence-electron chi connectivity index (χ1n) is 6.46. The first-order chi connectivity index (χ1) is 10.1. The third-order valence-electron chi connectivity index (χ3n) is 3.55. The van der Waals surface area contributed by atoms with Crippen LogP contribution in [0.5, 0.6) is 0 Å². The predicted molar refractivity (Wildman–Crippen MR) is 74.7 cm³/mol. The Morgan fingerprint density at radius 1 is 1.24 bits per heavy atom. The van der Waals surface area contributed by atoms with Crippen LogP contribution in [-0.2, 0) is 17.8 Å². The molecule has 4 nitrogen and oxygen atoms in total. The molecule has 0 atom stereocenters. The molecule has 0 aliphatic carbocycles. The van der Waals surface area contributed by atoms with Crippen molar-refractivity contribution >= 4 is 17.6 Å². The molecular weight excluding hydrogens is 273 g/mol. The number of carbonyl (C=O) groups excluding carboxylic acids is 1. The summed E-state index contributed by atoms with van der Waals surface area (Å²) in [6, 6.07) is 10.8. The lowest BCUT2D eigenvalue weighted by atomic mass is 10.1. The Morgan fingerprint density at radius 2 is 2.00 bits per heavy atom. The normalized spacial score (nSPS) is 13.4. The van der Waals surface area contributed by atoms with E-state index in [1.54, 1.807) is 24.3 Å². The Labute approximate surface area is 120 Å². The van der Waals surface area contributed by atoms with E-state index in [1.165, 1.54) is 23.1 Å². The summed E-state index contributed by atoms with van der Waals surface area (Å²) >= 11 is 0. The van der Waals surface area contributed by atoms with Gasteiger partial charge in [0.1, 0.15) is 5.82 Å². The smallest absolute Gasteiger partial charge is 0.335 e. The Kier molecular flexibility index (Phi) is 3.17. The van der Waals surface area contributed by atoms with Crippen LogP contribution in [0.3, 0.4) is 0 Å². The molecule has 5 heteroatoms. The maximum absolute atomic E-state index is 13.7. The summed E-state index contributed by atoms with van der Waals surface area (Å²) in [7, 11) is 0. The minimum absolute atomic E-state index is 0.144. The van der Waals surface area contributed by atoms with Crippen LogP contribution in [0.2, 0.25) is 0 Å². The van der Waals surface area contributed by atoms with Gasteiger partial charge in [-0.1, -0.05) is 18.2 Å². The van der Waals surface area contributed by atoms with Gasteiger partial charge in [0.15, 0.2) is 0 Å². The second-order valence-electron chi connectivity index (χ2n) is 4.90. The highest BCUT2D eigenvalue weighted by Crippen LogP contribution is 2.31.